The highest BCUT2D eigenvalue weighted by atomic mass is 79.9. The molecular weight excluding hydrogens is 409 g/mol. The second-order valence-electron chi connectivity index (χ2n) is 5.34. The Kier molecular flexibility index (Phi) is 5.24. The van der Waals surface area contributed by atoms with E-state index in [1.165, 1.54) is 19.2 Å². The number of benzene rings is 2. The van der Waals surface area contributed by atoms with Crippen molar-refractivity contribution in [1.29, 1.82) is 0 Å². The van der Waals surface area contributed by atoms with E-state index < -0.39 is 0 Å². The molecule has 0 aromatic heterocycles. The molecule has 7 heteroatoms. The third-order valence-electron chi connectivity index (χ3n) is 3.53. The first-order valence-electron chi connectivity index (χ1n) is 7.32. The Morgan fingerprint density at radius 1 is 1.24 bits per heavy atom. The summed E-state index contributed by atoms with van der Waals surface area (Å²) in [5.41, 5.74) is 1.35. The molecule has 4 nitrogen and oxygen atoms in total. The van der Waals surface area contributed by atoms with Crippen LogP contribution in [0.15, 0.2) is 51.8 Å². The lowest BCUT2D eigenvalue weighted by molar-refractivity contribution is -0.121. The molecule has 0 saturated carbocycles. The zero-order valence-corrected chi connectivity index (χ0v) is 15.6. The summed E-state index contributed by atoms with van der Waals surface area (Å²) in [6.07, 6.45) is 1.63. The Morgan fingerprint density at radius 2 is 2.04 bits per heavy atom. The summed E-state index contributed by atoms with van der Waals surface area (Å²) in [6, 6.07) is 11.5. The lowest BCUT2D eigenvalue weighted by Gasteiger charge is -2.10. The van der Waals surface area contributed by atoms with E-state index in [9.17, 15) is 14.0 Å². The molecule has 0 radical (unpaired) electrons. The number of thioether (sulfide) groups is 1. The van der Waals surface area contributed by atoms with Crippen molar-refractivity contribution in [2.75, 3.05) is 7.05 Å². The molecule has 0 spiro atoms. The Balaban J connectivity index is 1.86. The van der Waals surface area contributed by atoms with Crippen molar-refractivity contribution in [1.82, 2.24) is 4.90 Å². The average molecular weight is 422 g/mol. The van der Waals surface area contributed by atoms with Crippen LogP contribution in [0.3, 0.4) is 0 Å². The van der Waals surface area contributed by atoms with Gasteiger partial charge in [-0.2, -0.15) is 0 Å². The molecule has 0 N–H and O–H groups in total. The number of imide groups is 1. The molecule has 25 heavy (non-hydrogen) atoms. The van der Waals surface area contributed by atoms with Gasteiger partial charge in [-0.15, -0.1) is 0 Å². The van der Waals surface area contributed by atoms with Crippen molar-refractivity contribution in [3.8, 4) is 5.75 Å². The fraction of sp³-hybridized carbons (Fsp3) is 0.111. The first kappa shape index (κ1) is 17.7. The number of hydrogen-bond acceptors (Lipinski definition) is 4. The monoisotopic (exact) mass is 421 g/mol. The molecule has 3 rings (SSSR count). The molecule has 1 fully saturated rings. The highest BCUT2D eigenvalue weighted by Crippen LogP contribution is 2.34. The van der Waals surface area contributed by atoms with Crippen LogP contribution in [-0.2, 0) is 11.4 Å². The number of ether oxygens (including phenoxy) is 1. The van der Waals surface area contributed by atoms with Crippen LogP contribution in [0.1, 0.15) is 11.1 Å². The van der Waals surface area contributed by atoms with Gasteiger partial charge in [0.05, 0.1) is 4.91 Å². The van der Waals surface area contributed by atoms with Crippen molar-refractivity contribution >= 4 is 44.9 Å². The van der Waals surface area contributed by atoms with Crippen LogP contribution in [0.25, 0.3) is 6.08 Å². The van der Waals surface area contributed by atoms with Gasteiger partial charge in [-0.05, 0) is 53.7 Å². The first-order chi connectivity index (χ1) is 11.9. The minimum absolute atomic E-state index is 0.190. The van der Waals surface area contributed by atoms with E-state index in [1.807, 2.05) is 6.07 Å². The SMILES string of the molecule is CN1C(=O)S/C(=C\c2cc(Br)ccc2OCc2cccc(F)c2)C1=O. The fourth-order valence-electron chi connectivity index (χ4n) is 2.24. The van der Waals surface area contributed by atoms with Gasteiger partial charge in [0.2, 0.25) is 0 Å². The van der Waals surface area contributed by atoms with Crippen molar-refractivity contribution in [3.05, 3.63) is 68.8 Å². The molecule has 1 saturated heterocycles. The van der Waals surface area contributed by atoms with Crippen LogP contribution in [0.5, 0.6) is 5.75 Å². The molecule has 1 heterocycles. The van der Waals surface area contributed by atoms with Crippen molar-refractivity contribution in [3.63, 3.8) is 0 Å². The van der Waals surface area contributed by atoms with Crippen LogP contribution in [-0.4, -0.2) is 23.1 Å². The van der Waals surface area contributed by atoms with Crippen LogP contribution in [0.4, 0.5) is 9.18 Å². The van der Waals surface area contributed by atoms with E-state index >= 15 is 0 Å². The van der Waals surface area contributed by atoms with E-state index in [0.29, 0.717) is 21.8 Å². The predicted octanol–water partition coefficient (Wildman–Crippen LogP) is 4.83. The van der Waals surface area contributed by atoms with Gasteiger partial charge in [-0.25, -0.2) is 4.39 Å². The quantitative estimate of drug-likeness (QED) is 0.663. The minimum atomic E-state index is -0.342. The number of halogens is 2. The zero-order valence-electron chi connectivity index (χ0n) is 13.2. The molecule has 0 atom stereocenters. The molecular formula is C18H13BrFNO3S. The van der Waals surface area contributed by atoms with E-state index in [-0.39, 0.29) is 23.6 Å². The summed E-state index contributed by atoms with van der Waals surface area (Å²) in [5.74, 6) is -0.129. The van der Waals surface area contributed by atoms with E-state index in [2.05, 4.69) is 15.9 Å². The smallest absolute Gasteiger partial charge is 0.293 e. The van der Waals surface area contributed by atoms with Gasteiger partial charge in [0.25, 0.3) is 11.1 Å². The van der Waals surface area contributed by atoms with Gasteiger partial charge in [0.1, 0.15) is 18.2 Å². The summed E-state index contributed by atoms with van der Waals surface area (Å²) in [5, 5.41) is -0.312. The van der Waals surface area contributed by atoms with Gasteiger partial charge in [0.15, 0.2) is 0 Å². The molecule has 128 valence electrons. The van der Waals surface area contributed by atoms with E-state index in [1.54, 1.807) is 30.3 Å². The summed E-state index contributed by atoms with van der Waals surface area (Å²) in [6.45, 7) is 0.190. The van der Waals surface area contributed by atoms with Crippen LogP contribution in [0, 0.1) is 5.82 Å². The zero-order chi connectivity index (χ0) is 18.0. The lowest BCUT2D eigenvalue weighted by atomic mass is 10.1. The maximum Gasteiger partial charge on any atom is 0.293 e. The normalized spacial score (nSPS) is 16.0. The van der Waals surface area contributed by atoms with Gasteiger partial charge in [-0.1, -0.05) is 28.1 Å². The number of rotatable bonds is 4. The summed E-state index contributed by atoms with van der Waals surface area (Å²) in [4.78, 5) is 25.1. The molecule has 0 unspecified atom stereocenters. The Bertz CT molecular complexity index is 884. The van der Waals surface area contributed by atoms with Gasteiger partial charge in [-0.3, -0.25) is 14.5 Å². The first-order valence-corrected chi connectivity index (χ1v) is 8.93. The number of carbonyl (C=O) groups is 2. The summed E-state index contributed by atoms with van der Waals surface area (Å²) < 4.78 is 19.9. The topological polar surface area (TPSA) is 46.6 Å². The Labute approximate surface area is 156 Å². The molecule has 0 bridgehead atoms. The third kappa shape index (κ3) is 4.11. The predicted molar refractivity (Wildman–Crippen MR) is 98.6 cm³/mol. The lowest BCUT2D eigenvalue weighted by Crippen LogP contribution is -2.22. The number of hydrogen-bond donors (Lipinski definition) is 0. The largest absolute Gasteiger partial charge is 0.488 e. The number of carbonyl (C=O) groups excluding carboxylic acids is 2. The Morgan fingerprint density at radius 3 is 2.72 bits per heavy atom. The molecule has 2 aromatic rings. The van der Waals surface area contributed by atoms with Gasteiger partial charge in [0, 0.05) is 17.1 Å². The fourth-order valence-corrected chi connectivity index (χ4v) is 3.44. The molecule has 0 aliphatic carbocycles. The second-order valence-corrected chi connectivity index (χ2v) is 7.25. The highest BCUT2D eigenvalue weighted by Gasteiger charge is 2.32. The molecule has 1 aliphatic rings. The molecule has 2 amide bonds. The summed E-state index contributed by atoms with van der Waals surface area (Å²) in [7, 11) is 1.45. The molecule has 1 aliphatic heterocycles. The van der Waals surface area contributed by atoms with Crippen LogP contribution >= 0.6 is 27.7 Å². The van der Waals surface area contributed by atoms with E-state index in [4.69, 9.17) is 4.74 Å². The van der Waals surface area contributed by atoms with Gasteiger partial charge < -0.3 is 4.74 Å². The minimum Gasteiger partial charge on any atom is -0.488 e. The standard InChI is InChI=1S/C18H13BrFNO3S/c1-21-17(22)16(25-18(21)23)9-12-8-13(19)5-6-15(12)24-10-11-3-2-4-14(20)7-11/h2-9H,10H2,1H3/b16-9-. The highest BCUT2D eigenvalue weighted by molar-refractivity contribution is 9.10. The molecule has 2 aromatic carbocycles. The number of likely N-dealkylation sites (N-methyl/N-ethyl adjacent to an activating group) is 1. The average Bonchev–Trinajstić information content (AvgIpc) is 2.81. The van der Waals surface area contributed by atoms with E-state index in [0.717, 1.165) is 21.1 Å². The second kappa shape index (κ2) is 7.41. The van der Waals surface area contributed by atoms with Crippen molar-refractivity contribution in [2.45, 2.75) is 6.61 Å². The van der Waals surface area contributed by atoms with Crippen molar-refractivity contribution in [2.24, 2.45) is 0 Å². The maximum absolute atomic E-state index is 13.3. The number of amides is 2. The van der Waals surface area contributed by atoms with Crippen LogP contribution < -0.4 is 4.74 Å². The number of nitrogens with zero attached hydrogens (tertiary/aromatic N) is 1. The Hall–Kier alpha value is -2.12. The van der Waals surface area contributed by atoms with Crippen molar-refractivity contribution < 1.29 is 18.7 Å². The van der Waals surface area contributed by atoms with Crippen LogP contribution in [0.2, 0.25) is 0 Å². The third-order valence-corrected chi connectivity index (χ3v) is 4.98. The summed E-state index contributed by atoms with van der Waals surface area (Å²) >= 11 is 4.27. The van der Waals surface area contributed by atoms with Gasteiger partial charge >= 0.3 is 0 Å². The maximum atomic E-state index is 13.3.